The van der Waals surface area contributed by atoms with Crippen LogP contribution in [0.5, 0.6) is 0 Å². The average molecular weight is 1190 g/mol. The molecule has 17 atom stereocenters. The van der Waals surface area contributed by atoms with Gasteiger partial charge in [-0.15, -0.1) is 0 Å². The van der Waals surface area contributed by atoms with Crippen LogP contribution in [0.25, 0.3) is 0 Å². The Labute approximate surface area is 499 Å². The van der Waals surface area contributed by atoms with Crippen molar-refractivity contribution in [2.75, 3.05) is 26.4 Å². The second kappa shape index (κ2) is 47.5. The summed E-state index contributed by atoms with van der Waals surface area (Å²) in [5, 5.41) is 120. The lowest BCUT2D eigenvalue weighted by Crippen LogP contribution is -2.66. The average Bonchev–Trinajstić information content (AvgIpc) is 3.34. The number of amides is 1. The highest BCUT2D eigenvalue weighted by molar-refractivity contribution is 5.76. The Kier molecular flexibility index (Phi) is 43.4. The van der Waals surface area contributed by atoms with Crippen molar-refractivity contribution in [1.82, 2.24) is 5.32 Å². The van der Waals surface area contributed by atoms with Crippen molar-refractivity contribution in [1.29, 1.82) is 0 Å². The van der Waals surface area contributed by atoms with Crippen LogP contribution in [-0.2, 0) is 33.2 Å². The molecular formula is C64H121NO18. The number of allylic oxidation sites excluding steroid dienone is 1. The molecule has 3 fully saturated rings. The summed E-state index contributed by atoms with van der Waals surface area (Å²) in [5.74, 6) is -0.270. The molecule has 3 aliphatic rings. The van der Waals surface area contributed by atoms with E-state index in [1.807, 2.05) is 6.08 Å². The van der Waals surface area contributed by atoms with Gasteiger partial charge < -0.3 is 89.9 Å². The Morgan fingerprint density at radius 2 is 0.747 bits per heavy atom. The van der Waals surface area contributed by atoms with Crippen LogP contribution in [0.1, 0.15) is 258 Å². The first-order valence-electron chi connectivity index (χ1n) is 33.4. The topological polar surface area (TPSA) is 307 Å². The predicted molar refractivity (Wildman–Crippen MR) is 319 cm³/mol. The SMILES string of the molecule is CCCCCCCCCCCCCCCCC/C=C/C(O)C(COC1OC(CO)C(OC2OC(CO)C(OC3OC(CO)C(O)C(O)C3O)C(O)C2O)C(O)C1O)NC(=O)CCCCCCCCCCCCCCCCCCCCCCC. The van der Waals surface area contributed by atoms with Crippen molar-refractivity contribution in [2.24, 2.45) is 0 Å². The van der Waals surface area contributed by atoms with Crippen molar-refractivity contribution >= 4 is 5.91 Å². The van der Waals surface area contributed by atoms with Crippen molar-refractivity contribution < 1.29 is 89.4 Å². The Morgan fingerprint density at radius 1 is 0.422 bits per heavy atom. The Bertz CT molecular complexity index is 1560. The van der Waals surface area contributed by atoms with E-state index in [2.05, 4.69) is 19.2 Å². The van der Waals surface area contributed by atoms with Gasteiger partial charge in [0.2, 0.25) is 5.91 Å². The van der Waals surface area contributed by atoms with Crippen molar-refractivity contribution in [3.63, 3.8) is 0 Å². The highest BCUT2D eigenvalue weighted by Gasteiger charge is 2.53. The molecule has 0 aromatic carbocycles. The monoisotopic (exact) mass is 1190 g/mol. The van der Waals surface area contributed by atoms with E-state index in [0.717, 1.165) is 44.9 Å². The molecule has 0 aromatic heterocycles. The molecule has 0 radical (unpaired) electrons. The molecule has 0 spiro atoms. The van der Waals surface area contributed by atoms with Gasteiger partial charge in [-0.05, 0) is 19.3 Å². The molecule has 0 saturated carbocycles. The fourth-order valence-corrected chi connectivity index (χ4v) is 11.6. The molecule has 0 aromatic rings. The molecule has 3 saturated heterocycles. The molecular weight excluding hydrogens is 1070 g/mol. The molecule has 17 unspecified atom stereocenters. The van der Waals surface area contributed by atoms with Crippen LogP contribution in [0.2, 0.25) is 0 Å². The number of rotatable bonds is 51. The second-order valence-corrected chi connectivity index (χ2v) is 24.3. The van der Waals surface area contributed by atoms with Crippen LogP contribution < -0.4 is 5.32 Å². The molecule has 3 heterocycles. The third kappa shape index (κ3) is 30.5. The molecule has 12 N–H and O–H groups in total. The Balaban J connectivity index is 1.46. The summed E-state index contributed by atoms with van der Waals surface area (Å²) in [6.45, 7) is 1.76. The van der Waals surface area contributed by atoms with Crippen LogP contribution in [0.3, 0.4) is 0 Å². The fourth-order valence-electron chi connectivity index (χ4n) is 11.6. The van der Waals surface area contributed by atoms with Gasteiger partial charge in [0.25, 0.3) is 0 Å². The lowest BCUT2D eigenvalue weighted by atomic mass is 9.96. The first kappa shape index (κ1) is 75.8. The van der Waals surface area contributed by atoms with Crippen LogP contribution in [-0.4, -0.2) is 193 Å². The number of ether oxygens (including phenoxy) is 6. The third-order valence-electron chi connectivity index (χ3n) is 17.1. The number of hydrogen-bond donors (Lipinski definition) is 12. The molecule has 3 aliphatic heterocycles. The minimum Gasteiger partial charge on any atom is -0.394 e. The smallest absolute Gasteiger partial charge is 0.220 e. The fraction of sp³-hybridized carbons (Fsp3) is 0.953. The molecule has 1 amide bonds. The summed E-state index contributed by atoms with van der Waals surface area (Å²) in [4.78, 5) is 13.4. The zero-order chi connectivity index (χ0) is 60.5. The standard InChI is InChI=1S/C64H121NO18/c1-3-5-7-9-11-13-15-17-19-21-22-23-24-26-28-30-32-34-36-38-40-42-52(70)65-47(48(69)41-39-37-35-33-31-29-27-25-20-18-16-14-12-10-8-6-4-2)46-78-62-58(76)55(73)60(50(44-67)80-62)83-64-59(77)56(74)61(51(45-68)81-64)82-63-57(75)54(72)53(71)49(43-66)79-63/h39,41,47-51,53-64,66-69,71-77H,3-38,40,42-46H2,1-2H3,(H,65,70)/b41-39+. The predicted octanol–water partition coefficient (Wildman–Crippen LogP) is 7.72. The molecule has 490 valence electrons. The van der Waals surface area contributed by atoms with Crippen LogP contribution in [0.4, 0.5) is 0 Å². The summed E-state index contributed by atoms with van der Waals surface area (Å²) < 4.78 is 34.3. The van der Waals surface area contributed by atoms with Gasteiger partial charge in [-0.25, -0.2) is 0 Å². The Morgan fingerprint density at radius 3 is 1.13 bits per heavy atom. The van der Waals surface area contributed by atoms with E-state index in [-0.39, 0.29) is 18.9 Å². The lowest BCUT2D eigenvalue weighted by Gasteiger charge is -2.48. The highest BCUT2D eigenvalue weighted by atomic mass is 16.8. The van der Waals surface area contributed by atoms with Gasteiger partial charge in [-0.1, -0.05) is 244 Å². The summed E-state index contributed by atoms with van der Waals surface area (Å²) in [6.07, 6.45) is 23.3. The van der Waals surface area contributed by atoms with E-state index in [1.54, 1.807) is 6.08 Å². The third-order valence-corrected chi connectivity index (χ3v) is 17.1. The van der Waals surface area contributed by atoms with Crippen LogP contribution >= 0.6 is 0 Å². The molecule has 83 heavy (non-hydrogen) atoms. The number of carbonyl (C=O) groups is 1. The largest absolute Gasteiger partial charge is 0.394 e. The van der Waals surface area contributed by atoms with Crippen LogP contribution in [0.15, 0.2) is 12.2 Å². The zero-order valence-corrected chi connectivity index (χ0v) is 51.4. The minimum absolute atomic E-state index is 0.250. The maximum atomic E-state index is 13.4. The molecule has 19 nitrogen and oxygen atoms in total. The van der Waals surface area contributed by atoms with Gasteiger partial charge >= 0.3 is 0 Å². The van der Waals surface area contributed by atoms with E-state index in [1.165, 1.54) is 186 Å². The summed E-state index contributed by atoms with van der Waals surface area (Å²) in [7, 11) is 0. The van der Waals surface area contributed by atoms with E-state index in [9.17, 15) is 61.0 Å². The Hall–Kier alpha value is -1.47. The van der Waals surface area contributed by atoms with E-state index < -0.39 is 124 Å². The first-order chi connectivity index (χ1) is 40.3. The van der Waals surface area contributed by atoms with Gasteiger partial charge in [0, 0.05) is 6.42 Å². The maximum Gasteiger partial charge on any atom is 0.220 e. The van der Waals surface area contributed by atoms with Gasteiger partial charge in [0.05, 0.1) is 38.6 Å². The van der Waals surface area contributed by atoms with Gasteiger partial charge in [-0.3, -0.25) is 4.79 Å². The zero-order valence-electron chi connectivity index (χ0n) is 51.4. The number of carbonyl (C=O) groups excluding carboxylic acids is 1. The second-order valence-electron chi connectivity index (χ2n) is 24.3. The first-order valence-corrected chi connectivity index (χ1v) is 33.4. The summed E-state index contributed by atoms with van der Waals surface area (Å²) in [5.41, 5.74) is 0. The number of hydrogen-bond acceptors (Lipinski definition) is 18. The summed E-state index contributed by atoms with van der Waals surface area (Å²) in [6, 6.07) is -0.968. The van der Waals surface area contributed by atoms with Gasteiger partial charge in [-0.2, -0.15) is 0 Å². The molecule has 0 aliphatic carbocycles. The quantitative estimate of drug-likeness (QED) is 0.0205. The van der Waals surface area contributed by atoms with E-state index >= 15 is 0 Å². The van der Waals surface area contributed by atoms with Crippen molar-refractivity contribution in [3.8, 4) is 0 Å². The maximum absolute atomic E-state index is 13.4. The number of unbranched alkanes of at least 4 members (excludes halogenated alkanes) is 35. The lowest BCUT2D eigenvalue weighted by molar-refractivity contribution is -0.379. The van der Waals surface area contributed by atoms with Crippen LogP contribution in [0, 0.1) is 0 Å². The summed E-state index contributed by atoms with van der Waals surface area (Å²) >= 11 is 0. The van der Waals surface area contributed by atoms with Crippen molar-refractivity contribution in [2.45, 2.75) is 362 Å². The van der Waals surface area contributed by atoms with E-state index in [0.29, 0.717) is 6.42 Å². The normalized spacial score (nSPS) is 29.4. The number of aliphatic hydroxyl groups excluding tert-OH is 11. The van der Waals surface area contributed by atoms with Crippen molar-refractivity contribution in [3.05, 3.63) is 12.2 Å². The van der Waals surface area contributed by atoms with E-state index in [4.69, 9.17) is 28.4 Å². The number of nitrogens with one attached hydrogen (secondary N) is 1. The molecule has 19 heteroatoms. The minimum atomic E-state index is -1.97. The van der Waals surface area contributed by atoms with Gasteiger partial charge in [0.1, 0.15) is 73.2 Å². The number of aliphatic hydroxyl groups is 11. The highest BCUT2D eigenvalue weighted by Crippen LogP contribution is 2.33. The molecule has 3 rings (SSSR count). The molecule has 0 bridgehead atoms. The van der Waals surface area contributed by atoms with Gasteiger partial charge in [0.15, 0.2) is 18.9 Å².